The van der Waals surface area contributed by atoms with E-state index in [0.717, 1.165) is 46.2 Å². The van der Waals surface area contributed by atoms with Gasteiger partial charge in [-0.1, -0.05) is 179 Å². The van der Waals surface area contributed by atoms with Crippen molar-refractivity contribution in [2.75, 3.05) is 0 Å². The Morgan fingerprint density at radius 3 is 1.06 bits per heavy atom. The first kappa shape index (κ1) is 99.2. The van der Waals surface area contributed by atoms with Crippen LogP contribution < -0.4 is 0 Å². The largest absolute Gasteiger partial charge is 0.481 e. The number of aryl methyl sites for hydroxylation is 2. The zero-order valence-corrected chi connectivity index (χ0v) is 80.8. The summed E-state index contributed by atoms with van der Waals surface area (Å²) in [7, 11) is -10.7. The lowest BCUT2D eigenvalue weighted by Crippen LogP contribution is -2.52. The van der Waals surface area contributed by atoms with Crippen molar-refractivity contribution in [3.63, 3.8) is 0 Å². The van der Waals surface area contributed by atoms with Crippen molar-refractivity contribution in [2.24, 2.45) is 11.8 Å². The van der Waals surface area contributed by atoms with Crippen LogP contribution in [0.1, 0.15) is 247 Å². The Hall–Kier alpha value is -1.82. The number of thiazole rings is 2. The van der Waals surface area contributed by atoms with Gasteiger partial charge in [0, 0.05) is 42.6 Å². The molecule has 2 rings (SSSR count). The van der Waals surface area contributed by atoms with Crippen molar-refractivity contribution in [2.45, 2.75) is 387 Å². The minimum Gasteiger partial charge on any atom is -0.481 e. The summed E-state index contributed by atoms with van der Waals surface area (Å²) in [6.07, 6.45) is 19.3. The summed E-state index contributed by atoms with van der Waals surface area (Å²) in [5.41, 5.74) is 6.55. The Morgan fingerprint density at radius 2 is 0.767 bits per heavy atom. The molecule has 2 heterocycles. The Morgan fingerprint density at radius 1 is 0.476 bits per heavy atom. The van der Waals surface area contributed by atoms with Gasteiger partial charge in [0.1, 0.15) is 0 Å². The predicted molar refractivity (Wildman–Crippen MR) is 467 cm³/mol. The molecule has 0 spiro atoms. The van der Waals surface area contributed by atoms with E-state index in [4.69, 9.17) is 27.1 Å². The van der Waals surface area contributed by atoms with E-state index in [-0.39, 0.29) is 78.7 Å². The van der Waals surface area contributed by atoms with Crippen LogP contribution in [0.5, 0.6) is 0 Å². The van der Waals surface area contributed by atoms with Gasteiger partial charge in [-0.05, 0) is 209 Å². The number of thioether (sulfide) groups is 2. The number of hydrogen-bond acceptors (Lipinski definition) is 14. The predicted octanol–water partition coefficient (Wildman–Crippen LogP) is 25.6. The first-order chi connectivity index (χ1) is 46.1. The summed E-state index contributed by atoms with van der Waals surface area (Å²) >= 11 is 6.91. The number of nitrogens with zero attached hydrogens (tertiary/aromatic N) is 2. The molecule has 0 bridgehead atoms. The van der Waals surface area contributed by atoms with Gasteiger partial charge in [-0.3, -0.25) is 9.59 Å². The molecule has 0 saturated carbocycles. The van der Waals surface area contributed by atoms with Crippen LogP contribution in [0.3, 0.4) is 0 Å². The van der Waals surface area contributed by atoms with E-state index in [0.29, 0.717) is 6.42 Å². The summed E-state index contributed by atoms with van der Waals surface area (Å²) in [6.45, 7) is 86.6. The maximum absolute atomic E-state index is 12.2. The molecule has 0 amide bonds. The molecule has 0 aliphatic heterocycles. The molecule has 103 heavy (non-hydrogen) atoms. The molecule has 10 atom stereocenters. The summed E-state index contributed by atoms with van der Waals surface area (Å²) in [6, 6.07) is 0. The average Bonchev–Trinajstić information content (AvgIpc) is 1.19. The molecule has 594 valence electrons. The standard InChI is InChI=1S/C44H83NO5S2Si3.C38H69NO5S2Si2/c1-31(26-27-37(48-53(17,18)41(6,7)8)33(3)28-36-30-51-35(5)45-36)24-23-25-32(2)40(50-55(21,22)43(12,13)14)34(4)52-44(15,16)38(29-39(46)47)49-54(19,20)42(9,10)11;1-26(21-22-32(40)28(3)23-31-25-45-30(5)39-31)19-18-20-27(2)35(44-48(16,17)37(9,10)11)29(4)46-38(12,13)33(24-34(41)42)43-47(14,15)36(6,7)8/h23,25-26,28,30,32,34,37-38,40H,24,27,29H2,1-22H3,(H,46,47);18,20-21,23,25,27,29,32-33,35,40H,19,22,24H2,1-17H3,(H,41,42)/b25-23-,31-26-,33-28+;20-18-,26-21-,28-23+/t32-,34+,37-,38+,40-;27-,29+,32-,33+,35-/m00/s1. The Labute approximate surface area is 653 Å². The first-order valence-corrected chi connectivity index (χ1v) is 55.9. The molecule has 0 aliphatic rings. The number of aliphatic hydroxyl groups is 1. The third kappa shape index (κ3) is 33.3. The van der Waals surface area contributed by atoms with Gasteiger partial charge in [-0.15, -0.1) is 46.2 Å². The van der Waals surface area contributed by atoms with Gasteiger partial charge in [0.05, 0.1) is 70.9 Å². The number of aliphatic carboxylic acids is 2. The third-order valence-electron chi connectivity index (χ3n) is 22.6. The van der Waals surface area contributed by atoms with Gasteiger partial charge in [0.25, 0.3) is 0 Å². The van der Waals surface area contributed by atoms with Crippen LogP contribution in [0.15, 0.2) is 69.5 Å². The van der Waals surface area contributed by atoms with E-state index in [1.165, 1.54) is 16.7 Å². The number of hydrogen-bond donors (Lipinski definition) is 3. The Bertz CT molecular complexity index is 3160. The number of rotatable bonds is 38. The molecule has 2 aromatic rings. The molecule has 21 heteroatoms. The second-order valence-electron chi connectivity index (χ2n) is 38.3. The maximum atomic E-state index is 12.2. The van der Waals surface area contributed by atoms with Crippen LogP contribution in [-0.2, 0) is 31.7 Å². The van der Waals surface area contributed by atoms with Crippen molar-refractivity contribution in [3.8, 4) is 0 Å². The fraction of sp³-hybridized carbons (Fsp3) is 0.756. The summed E-state index contributed by atoms with van der Waals surface area (Å²) < 4.78 is 34.2. The second kappa shape index (κ2) is 39.9. The zero-order valence-electron chi connectivity index (χ0n) is 72.5. The highest BCUT2D eigenvalue weighted by Crippen LogP contribution is 2.49. The molecule has 0 fully saturated rings. The van der Waals surface area contributed by atoms with Crippen molar-refractivity contribution in [1.29, 1.82) is 0 Å². The normalized spacial score (nSPS) is 17.7. The van der Waals surface area contributed by atoms with Crippen molar-refractivity contribution >= 4 is 112 Å². The summed E-state index contributed by atoms with van der Waals surface area (Å²) in [4.78, 5) is 33.4. The quantitative estimate of drug-likeness (QED) is 0.0429. The molecular weight excluding hydrogens is 1440 g/mol. The molecule has 0 radical (unpaired) electrons. The van der Waals surface area contributed by atoms with Gasteiger partial charge in [0.15, 0.2) is 41.6 Å². The van der Waals surface area contributed by atoms with Gasteiger partial charge in [0.2, 0.25) is 0 Å². The highest BCUT2D eigenvalue weighted by Gasteiger charge is 2.49. The van der Waals surface area contributed by atoms with Gasteiger partial charge in [-0.2, -0.15) is 0 Å². The Balaban J connectivity index is 0.00000104. The lowest BCUT2D eigenvalue weighted by atomic mass is 10.00. The zero-order chi connectivity index (χ0) is 80.6. The Kier molecular flexibility index (Phi) is 38.4. The molecular formula is C82H152N2O10S4Si5. The van der Waals surface area contributed by atoms with Gasteiger partial charge >= 0.3 is 11.9 Å². The molecule has 0 unspecified atom stereocenters. The average molecular weight is 1590 g/mol. The minimum atomic E-state index is -2.22. The third-order valence-corrected chi connectivity index (χ3v) is 49.6. The number of carboxylic acids is 2. The van der Waals surface area contributed by atoms with Crippen molar-refractivity contribution < 1.29 is 47.0 Å². The number of carbonyl (C=O) groups is 2. The van der Waals surface area contributed by atoms with E-state index in [9.17, 15) is 24.9 Å². The molecule has 12 nitrogen and oxygen atoms in total. The number of carboxylic acid groups (broad SMARTS) is 2. The molecule has 0 aromatic carbocycles. The smallest absolute Gasteiger partial charge is 0.305 e. The van der Waals surface area contributed by atoms with E-state index in [1.807, 2.05) is 44.0 Å². The lowest BCUT2D eigenvalue weighted by molar-refractivity contribution is -0.140. The first-order valence-electron chi connectivity index (χ1n) is 37.8. The lowest BCUT2D eigenvalue weighted by Gasteiger charge is -2.46. The molecule has 0 aliphatic carbocycles. The van der Waals surface area contributed by atoms with E-state index >= 15 is 0 Å². The number of allylic oxidation sites excluding steroid dienone is 4. The topological polar surface area (TPSA) is 167 Å². The monoisotopic (exact) mass is 1590 g/mol. The van der Waals surface area contributed by atoms with E-state index < -0.39 is 81.3 Å². The maximum Gasteiger partial charge on any atom is 0.305 e. The summed E-state index contributed by atoms with van der Waals surface area (Å²) in [5.74, 6) is -1.36. The van der Waals surface area contributed by atoms with Crippen molar-refractivity contribution in [3.05, 3.63) is 90.9 Å². The van der Waals surface area contributed by atoms with Crippen LogP contribution >= 0.6 is 46.2 Å². The molecule has 0 saturated heterocycles. The van der Waals surface area contributed by atoms with Crippen LogP contribution in [0.2, 0.25) is 90.7 Å². The fourth-order valence-electron chi connectivity index (χ4n) is 10.3. The number of aliphatic hydroxyl groups excluding tert-OH is 1. The van der Waals surface area contributed by atoms with Crippen LogP contribution in [-0.4, -0.2) is 135 Å². The van der Waals surface area contributed by atoms with Crippen LogP contribution in [0, 0.1) is 25.7 Å². The number of aromatic nitrogens is 2. The van der Waals surface area contributed by atoms with E-state index in [2.05, 4.69) is 298 Å². The van der Waals surface area contributed by atoms with Gasteiger partial charge < -0.3 is 37.4 Å². The summed E-state index contributed by atoms with van der Waals surface area (Å²) in [5, 5.41) is 37.2. The van der Waals surface area contributed by atoms with Crippen LogP contribution in [0.25, 0.3) is 12.2 Å². The SMILES string of the molecule is C/C(=C/C[C@H](O)/C(C)=C/c1csc(C)n1)C/C=C\[C@H](C)[C@H](O[Si](C)(C)C(C)(C)C)[C@@H](C)SC(C)(C)[C@@H](CC(=O)O)O[Si](C)(C)C(C)(C)C.C/C(=C/C[C@H](O[Si](C)(C)C(C)(C)C)/C(C)=C/c1csc(C)n1)C/C=C\[C@H](C)[C@H](O[Si](C)(C)C(C)(C)C)[C@@H](C)SC(C)(C)[C@@H](CC(=O)O)O[Si](C)(C)C(C)(C)C. The molecule has 2 aromatic heterocycles. The van der Waals surface area contributed by atoms with Crippen LogP contribution in [0.4, 0.5) is 0 Å². The minimum absolute atomic E-state index is 0.00470. The van der Waals surface area contributed by atoms with Gasteiger partial charge in [-0.25, -0.2) is 9.97 Å². The highest BCUT2D eigenvalue weighted by molar-refractivity contribution is 8.01. The molecule has 3 N–H and O–H groups in total. The fourth-order valence-corrected chi connectivity index (χ4v) is 22.3. The highest BCUT2D eigenvalue weighted by atomic mass is 32.2. The van der Waals surface area contributed by atoms with Crippen molar-refractivity contribution in [1.82, 2.24) is 9.97 Å². The second-order valence-corrected chi connectivity index (χ2v) is 68.2. The van der Waals surface area contributed by atoms with E-state index in [1.54, 1.807) is 34.4 Å².